The topological polar surface area (TPSA) is 32.3 Å². The van der Waals surface area contributed by atoms with Crippen molar-refractivity contribution in [3.05, 3.63) is 29.8 Å². The molecule has 0 spiro atoms. The maximum Gasteiger partial charge on any atom is 0.0340 e. The summed E-state index contributed by atoms with van der Waals surface area (Å²) < 4.78 is 0. The molecular formula is C11H21NO. The van der Waals surface area contributed by atoms with E-state index in [1.807, 2.05) is 33.0 Å². The highest BCUT2D eigenvalue weighted by atomic mass is 16.2. The van der Waals surface area contributed by atoms with Gasteiger partial charge in [-0.15, -0.1) is 0 Å². The van der Waals surface area contributed by atoms with Gasteiger partial charge in [0.2, 0.25) is 0 Å². The fourth-order valence-electron chi connectivity index (χ4n) is 0.801. The van der Waals surface area contributed by atoms with Crippen molar-refractivity contribution in [2.45, 2.75) is 20.8 Å². The van der Waals surface area contributed by atoms with E-state index in [0.29, 0.717) is 0 Å². The largest absolute Gasteiger partial charge is 0.400 e. The Morgan fingerprint density at radius 1 is 1.15 bits per heavy atom. The molecule has 1 aromatic rings. The van der Waals surface area contributed by atoms with Crippen molar-refractivity contribution in [2.24, 2.45) is 0 Å². The third kappa shape index (κ3) is 7.34. The van der Waals surface area contributed by atoms with Crippen LogP contribution in [-0.4, -0.2) is 19.3 Å². The molecule has 1 rings (SSSR count). The van der Waals surface area contributed by atoms with Crippen LogP contribution in [0.15, 0.2) is 24.3 Å². The van der Waals surface area contributed by atoms with Crippen LogP contribution in [0.5, 0.6) is 0 Å². The highest BCUT2D eigenvalue weighted by molar-refractivity contribution is 5.44. The summed E-state index contributed by atoms with van der Waals surface area (Å²) in [6.07, 6.45) is 0. The Morgan fingerprint density at radius 2 is 1.69 bits per heavy atom. The second kappa shape index (κ2) is 11.0. The molecule has 0 radical (unpaired) electrons. The van der Waals surface area contributed by atoms with Crippen molar-refractivity contribution in [3.63, 3.8) is 0 Å². The normalized spacial score (nSPS) is 7.23. The molecule has 13 heavy (non-hydrogen) atoms. The van der Waals surface area contributed by atoms with E-state index in [4.69, 9.17) is 5.11 Å². The Morgan fingerprint density at radius 3 is 2.00 bits per heavy atom. The van der Waals surface area contributed by atoms with Crippen LogP contribution in [0, 0.1) is 6.92 Å². The highest BCUT2D eigenvalue weighted by Crippen LogP contribution is 2.07. The van der Waals surface area contributed by atoms with E-state index in [-0.39, 0.29) is 0 Å². The Bertz CT molecular complexity index is 199. The summed E-state index contributed by atoms with van der Waals surface area (Å²) >= 11 is 0. The van der Waals surface area contributed by atoms with Crippen LogP contribution >= 0.6 is 0 Å². The van der Waals surface area contributed by atoms with Gasteiger partial charge in [0, 0.05) is 19.8 Å². The molecule has 0 bridgehead atoms. The molecule has 0 atom stereocenters. The third-order valence-electron chi connectivity index (χ3n) is 1.31. The number of rotatable bonds is 1. The molecule has 2 heteroatoms. The van der Waals surface area contributed by atoms with Gasteiger partial charge in [-0.2, -0.15) is 0 Å². The molecule has 0 aromatic heterocycles. The number of aliphatic hydroxyl groups is 1. The minimum Gasteiger partial charge on any atom is -0.400 e. The zero-order chi connectivity index (χ0) is 10.7. The summed E-state index contributed by atoms with van der Waals surface area (Å²) in [5, 5.41) is 10.1. The van der Waals surface area contributed by atoms with Gasteiger partial charge < -0.3 is 10.4 Å². The van der Waals surface area contributed by atoms with Gasteiger partial charge >= 0.3 is 0 Å². The fourth-order valence-corrected chi connectivity index (χ4v) is 0.801. The summed E-state index contributed by atoms with van der Waals surface area (Å²) in [5.74, 6) is 0. The van der Waals surface area contributed by atoms with Crippen molar-refractivity contribution in [3.8, 4) is 0 Å². The number of aryl methyl sites for hydroxylation is 1. The summed E-state index contributed by atoms with van der Waals surface area (Å²) in [7, 11) is 2.93. The number of nitrogens with one attached hydrogen (secondary N) is 1. The van der Waals surface area contributed by atoms with E-state index in [1.165, 1.54) is 11.3 Å². The lowest BCUT2D eigenvalue weighted by molar-refractivity contribution is 0.399. The lowest BCUT2D eigenvalue weighted by atomic mass is 10.2. The van der Waals surface area contributed by atoms with Gasteiger partial charge in [0.1, 0.15) is 0 Å². The summed E-state index contributed by atoms with van der Waals surface area (Å²) in [4.78, 5) is 0. The predicted molar refractivity (Wildman–Crippen MR) is 60.2 cm³/mol. The van der Waals surface area contributed by atoms with Crippen LogP contribution < -0.4 is 5.32 Å². The SMILES string of the molecule is CC.CNc1cccc(C)c1.CO. The van der Waals surface area contributed by atoms with Gasteiger partial charge in [0.15, 0.2) is 0 Å². The molecule has 0 unspecified atom stereocenters. The van der Waals surface area contributed by atoms with Gasteiger partial charge in [-0.05, 0) is 24.6 Å². The number of hydrogen-bond donors (Lipinski definition) is 2. The molecule has 0 saturated carbocycles. The van der Waals surface area contributed by atoms with Crippen molar-refractivity contribution >= 4 is 5.69 Å². The molecule has 76 valence electrons. The Hall–Kier alpha value is -1.02. The second-order valence-corrected chi connectivity index (χ2v) is 2.12. The Kier molecular flexibility index (Phi) is 12.2. The van der Waals surface area contributed by atoms with Crippen molar-refractivity contribution in [2.75, 3.05) is 19.5 Å². The van der Waals surface area contributed by atoms with Crippen LogP contribution in [0.4, 0.5) is 5.69 Å². The maximum atomic E-state index is 7.00. The molecule has 0 amide bonds. The number of aliphatic hydroxyl groups excluding tert-OH is 1. The van der Waals surface area contributed by atoms with Crippen LogP contribution in [-0.2, 0) is 0 Å². The lowest BCUT2D eigenvalue weighted by Gasteiger charge is -1.98. The molecular weight excluding hydrogens is 162 g/mol. The van der Waals surface area contributed by atoms with E-state index in [9.17, 15) is 0 Å². The average Bonchev–Trinajstić information content (AvgIpc) is 2.24. The van der Waals surface area contributed by atoms with Crippen LogP contribution in [0.25, 0.3) is 0 Å². The minimum atomic E-state index is 1.00. The zero-order valence-electron chi connectivity index (χ0n) is 9.26. The van der Waals surface area contributed by atoms with Crippen LogP contribution in [0.1, 0.15) is 19.4 Å². The quantitative estimate of drug-likeness (QED) is 0.701. The van der Waals surface area contributed by atoms with Crippen molar-refractivity contribution in [1.29, 1.82) is 0 Å². The lowest BCUT2D eigenvalue weighted by Crippen LogP contribution is -1.86. The second-order valence-electron chi connectivity index (χ2n) is 2.12. The van der Waals surface area contributed by atoms with Crippen LogP contribution in [0.2, 0.25) is 0 Å². The predicted octanol–water partition coefficient (Wildman–Crippen LogP) is 2.67. The Balaban J connectivity index is 0. The van der Waals surface area contributed by atoms with E-state index in [0.717, 1.165) is 7.11 Å². The fraction of sp³-hybridized carbons (Fsp3) is 0.455. The zero-order valence-corrected chi connectivity index (χ0v) is 9.26. The first-order valence-corrected chi connectivity index (χ1v) is 4.52. The number of benzene rings is 1. The monoisotopic (exact) mass is 183 g/mol. The molecule has 0 aliphatic rings. The third-order valence-corrected chi connectivity index (χ3v) is 1.31. The molecule has 2 N–H and O–H groups in total. The van der Waals surface area contributed by atoms with Gasteiger partial charge in [-0.25, -0.2) is 0 Å². The molecule has 0 aliphatic heterocycles. The number of hydrogen-bond acceptors (Lipinski definition) is 2. The summed E-state index contributed by atoms with van der Waals surface area (Å²) in [6, 6.07) is 8.29. The minimum absolute atomic E-state index is 1.00. The standard InChI is InChI=1S/C8H11N.C2H6.CH4O/c1-7-4-3-5-8(6-7)9-2;2*1-2/h3-6,9H,1-2H3;1-2H3;2H,1H3. The first kappa shape index (κ1) is 14.5. The van der Waals surface area contributed by atoms with Crippen molar-refractivity contribution in [1.82, 2.24) is 0 Å². The van der Waals surface area contributed by atoms with E-state index >= 15 is 0 Å². The smallest absolute Gasteiger partial charge is 0.0340 e. The maximum absolute atomic E-state index is 7.00. The van der Waals surface area contributed by atoms with Gasteiger partial charge in [-0.3, -0.25) is 0 Å². The van der Waals surface area contributed by atoms with Gasteiger partial charge in [0.25, 0.3) is 0 Å². The number of anilines is 1. The first-order chi connectivity index (χ1) is 6.33. The molecule has 2 nitrogen and oxygen atoms in total. The average molecular weight is 183 g/mol. The molecule has 0 saturated heterocycles. The summed E-state index contributed by atoms with van der Waals surface area (Å²) in [5.41, 5.74) is 2.47. The summed E-state index contributed by atoms with van der Waals surface area (Å²) in [6.45, 7) is 6.08. The Labute approximate surface area is 81.6 Å². The van der Waals surface area contributed by atoms with Gasteiger partial charge in [0.05, 0.1) is 0 Å². The van der Waals surface area contributed by atoms with Crippen molar-refractivity contribution < 1.29 is 5.11 Å². The van der Waals surface area contributed by atoms with E-state index in [1.54, 1.807) is 0 Å². The highest BCUT2D eigenvalue weighted by Gasteiger charge is 1.84. The molecule has 1 aromatic carbocycles. The molecule has 0 fully saturated rings. The van der Waals surface area contributed by atoms with Gasteiger partial charge in [-0.1, -0.05) is 26.0 Å². The van der Waals surface area contributed by atoms with E-state index < -0.39 is 0 Å². The molecule has 0 aliphatic carbocycles. The molecule has 0 heterocycles. The first-order valence-electron chi connectivity index (χ1n) is 4.52. The van der Waals surface area contributed by atoms with Crippen LogP contribution in [0.3, 0.4) is 0 Å². The van der Waals surface area contributed by atoms with E-state index in [2.05, 4.69) is 24.4 Å².